The molecule has 174 valence electrons. The van der Waals surface area contributed by atoms with Crippen molar-refractivity contribution in [1.82, 2.24) is 0 Å². The van der Waals surface area contributed by atoms with E-state index in [4.69, 9.17) is 0 Å². The third kappa shape index (κ3) is 8.17. The quantitative estimate of drug-likeness (QED) is 0.601. The van der Waals surface area contributed by atoms with Crippen LogP contribution in [0.5, 0.6) is 0 Å². The van der Waals surface area contributed by atoms with E-state index in [1.165, 1.54) is 43.5 Å². The number of benzene rings is 2. The molecule has 2 aliphatic carbocycles. The minimum atomic E-state index is -0.958. The molecule has 0 amide bonds. The van der Waals surface area contributed by atoms with Crippen LogP contribution in [0, 0.1) is 12.8 Å². The van der Waals surface area contributed by atoms with Gasteiger partial charge in [0.15, 0.2) is 0 Å². The van der Waals surface area contributed by atoms with Crippen molar-refractivity contribution in [2.75, 3.05) is 7.05 Å². The van der Waals surface area contributed by atoms with Gasteiger partial charge in [-0.15, -0.1) is 13.2 Å². The SMILES string of the molecule is C=C.CCC(C)(C)F.CN.Cc1c2c(cc3ccc(C4CC4)cc13)CC(C)C2.O.O.[HH]. The van der Waals surface area contributed by atoms with Crippen LogP contribution in [0.4, 0.5) is 4.39 Å². The van der Waals surface area contributed by atoms with Crippen LogP contribution >= 0.6 is 0 Å². The first-order valence-corrected chi connectivity index (χ1v) is 10.6. The van der Waals surface area contributed by atoms with Gasteiger partial charge < -0.3 is 16.7 Å². The smallest absolute Gasteiger partial charge is 0.105 e. The molecule has 0 aliphatic heterocycles. The van der Waals surface area contributed by atoms with Crippen molar-refractivity contribution in [2.45, 2.75) is 78.3 Å². The second kappa shape index (κ2) is 13.5. The summed E-state index contributed by atoms with van der Waals surface area (Å²) in [5, 5.41) is 2.96. The van der Waals surface area contributed by atoms with Crippen LogP contribution in [-0.4, -0.2) is 23.7 Å². The molecule has 0 bridgehead atoms. The summed E-state index contributed by atoms with van der Waals surface area (Å²) < 4.78 is 12.1. The molecule has 6 N–H and O–H groups in total. The van der Waals surface area contributed by atoms with E-state index in [9.17, 15) is 4.39 Å². The highest BCUT2D eigenvalue weighted by Crippen LogP contribution is 2.42. The summed E-state index contributed by atoms with van der Waals surface area (Å²) in [5.41, 5.74) is 9.90. The summed E-state index contributed by atoms with van der Waals surface area (Å²) in [4.78, 5) is 0. The van der Waals surface area contributed by atoms with Gasteiger partial charge in [-0.1, -0.05) is 38.1 Å². The van der Waals surface area contributed by atoms with Gasteiger partial charge in [-0.25, -0.2) is 4.39 Å². The number of fused-ring (bicyclic) bond motifs is 2. The maximum absolute atomic E-state index is 12.1. The van der Waals surface area contributed by atoms with Crippen molar-refractivity contribution in [1.29, 1.82) is 0 Å². The molecule has 1 unspecified atom stereocenters. The van der Waals surface area contributed by atoms with Gasteiger partial charge in [-0.3, -0.25) is 0 Å². The minimum Gasteiger partial charge on any atom is -0.412 e. The molecule has 2 aromatic carbocycles. The number of aryl methyl sites for hydroxylation is 1. The highest BCUT2D eigenvalue weighted by molar-refractivity contribution is 5.88. The fraction of sp³-hybridized carbons (Fsp3) is 0.538. The van der Waals surface area contributed by atoms with Crippen molar-refractivity contribution in [3.05, 3.63) is 59.7 Å². The summed E-state index contributed by atoms with van der Waals surface area (Å²) in [5.74, 6) is 1.69. The Balaban J connectivity index is -0.000000528. The monoisotopic (exact) mass is 423 g/mol. The van der Waals surface area contributed by atoms with E-state index in [-0.39, 0.29) is 12.4 Å². The van der Waals surface area contributed by atoms with Gasteiger partial charge >= 0.3 is 0 Å². The first-order valence-electron chi connectivity index (χ1n) is 10.6. The van der Waals surface area contributed by atoms with Crippen LogP contribution in [0.25, 0.3) is 10.8 Å². The van der Waals surface area contributed by atoms with Crippen LogP contribution in [0.2, 0.25) is 0 Å². The summed E-state index contributed by atoms with van der Waals surface area (Å²) in [7, 11) is 1.50. The standard InChI is InChI=1S/C18H20.C5H11F.C2H4.CH5N.2H2O.H2/c1-11-7-16-9-15-6-5-14(13-3-4-13)10-18(15)12(2)17(16)8-11;1-4-5(2,3)6;2*1-2;;;/h5-6,9-11,13H,3-4,7-8H2,1-2H3;4H2,1-3H3;1-2H2;2H2,1H3;2*1H2;1H. The van der Waals surface area contributed by atoms with Crippen LogP contribution in [0.3, 0.4) is 0 Å². The molecule has 0 spiro atoms. The van der Waals surface area contributed by atoms with E-state index in [1.54, 1.807) is 36.1 Å². The first-order chi connectivity index (χ1) is 13.3. The molecule has 1 atom stereocenters. The zero-order valence-corrected chi connectivity index (χ0v) is 19.9. The van der Waals surface area contributed by atoms with E-state index in [0.717, 1.165) is 11.8 Å². The molecule has 2 aliphatic rings. The fourth-order valence-corrected chi connectivity index (χ4v) is 3.64. The molecule has 0 heterocycles. The third-order valence-corrected chi connectivity index (χ3v) is 5.66. The topological polar surface area (TPSA) is 89.0 Å². The molecular weight excluding hydrogens is 377 g/mol. The lowest BCUT2D eigenvalue weighted by Crippen LogP contribution is -2.07. The number of hydrogen-bond acceptors (Lipinski definition) is 1. The number of nitrogens with two attached hydrogens (primary N) is 1. The first kappa shape index (κ1) is 30.4. The lowest BCUT2D eigenvalue weighted by molar-refractivity contribution is 0.210. The molecule has 1 saturated carbocycles. The molecular formula is C26H46FNO2. The van der Waals surface area contributed by atoms with Gasteiger partial charge in [0.25, 0.3) is 0 Å². The van der Waals surface area contributed by atoms with E-state index in [0.29, 0.717) is 6.42 Å². The molecule has 1 fully saturated rings. The zero-order chi connectivity index (χ0) is 21.5. The van der Waals surface area contributed by atoms with Gasteiger partial charge in [-0.2, -0.15) is 0 Å². The zero-order valence-electron chi connectivity index (χ0n) is 19.9. The average Bonchev–Trinajstić information content (AvgIpc) is 3.47. The van der Waals surface area contributed by atoms with Gasteiger partial charge in [0, 0.05) is 1.43 Å². The maximum Gasteiger partial charge on any atom is 0.105 e. The molecule has 0 saturated heterocycles. The Bertz CT molecular complexity index is 770. The molecule has 2 aromatic rings. The highest BCUT2D eigenvalue weighted by atomic mass is 19.1. The number of halogens is 1. The Hall–Kier alpha value is -1.75. The minimum absolute atomic E-state index is 0. The predicted octanol–water partition coefficient (Wildman–Crippen LogP) is 5.88. The second-order valence-corrected chi connectivity index (χ2v) is 8.48. The largest absolute Gasteiger partial charge is 0.412 e. The van der Waals surface area contributed by atoms with E-state index >= 15 is 0 Å². The Morgan fingerprint density at radius 1 is 1.10 bits per heavy atom. The van der Waals surface area contributed by atoms with Crippen LogP contribution in [0.15, 0.2) is 37.4 Å². The fourth-order valence-electron chi connectivity index (χ4n) is 3.64. The highest BCUT2D eigenvalue weighted by Gasteiger charge is 2.25. The van der Waals surface area contributed by atoms with Crippen molar-refractivity contribution < 1.29 is 16.8 Å². The second-order valence-electron chi connectivity index (χ2n) is 8.48. The Kier molecular flexibility index (Phi) is 13.7. The van der Waals surface area contributed by atoms with Crippen molar-refractivity contribution >= 4 is 10.8 Å². The predicted molar refractivity (Wildman–Crippen MR) is 133 cm³/mol. The van der Waals surface area contributed by atoms with Crippen molar-refractivity contribution in [3.8, 4) is 0 Å². The molecule has 4 rings (SSSR count). The van der Waals surface area contributed by atoms with Gasteiger partial charge in [0.1, 0.15) is 5.67 Å². The molecule has 30 heavy (non-hydrogen) atoms. The Morgan fingerprint density at radius 3 is 2.10 bits per heavy atom. The maximum atomic E-state index is 12.1. The molecule has 0 radical (unpaired) electrons. The number of alkyl halides is 1. The van der Waals surface area contributed by atoms with Gasteiger partial charge in [0.05, 0.1) is 0 Å². The summed E-state index contributed by atoms with van der Waals surface area (Å²) >= 11 is 0. The van der Waals surface area contributed by atoms with Crippen LogP contribution in [0.1, 0.15) is 76.6 Å². The van der Waals surface area contributed by atoms with Gasteiger partial charge in [0.2, 0.25) is 0 Å². The summed E-state index contributed by atoms with van der Waals surface area (Å²) in [6.45, 7) is 15.7. The average molecular weight is 424 g/mol. The number of hydrogen-bond donors (Lipinski definition) is 1. The van der Waals surface area contributed by atoms with Crippen LogP contribution in [-0.2, 0) is 12.8 Å². The Morgan fingerprint density at radius 2 is 1.63 bits per heavy atom. The Labute approximate surface area is 184 Å². The van der Waals surface area contributed by atoms with Crippen molar-refractivity contribution in [2.24, 2.45) is 11.7 Å². The van der Waals surface area contributed by atoms with E-state index in [1.807, 2.05) is 6.92 Å². The normalized spacial score (nSPS) is 16.2. The summed E-state index contributed by atoms with van der Waals surface area (Å²) in [6, 6.07) is 9.60. The van der Waals surface area contributed by atoms with Crippen molar-refractivity contribution in [3.63, 3.8) is 0 Å². The van der Waals surface area contributed by atoms with E-state index < -0.39 is 5.67 Å². The lowest BCUT2D eigenvalue weighted by Gasteiger charge is -2.10. The molecule has 4 heteroatoms. The molecule has 3 nitrogen and oxygen atoms in total. The van der Waals surface area contributed by atoms with E-state index in [2.05, 4.69) is 57.0 Å². The third-order valence-electron chi connectivity index (χ3n) is 5.66. The molecule has 0 aromatic heterocycles. The summed E-state index contributed by atoms with van der Waals surface area (Å²) in [6.07, 6.45) is 5.95. The lowest BCUT2D eigenvalue weighted by atomic mass is 9.94. The van der Waals surface area contributed by atoms with Crippen LogP contribution < -0.4 is 5.73 Å². The van der Waals surface area contributed by atoms with Gasteiger partial charge in [-0.05, 0) is 105 Å². The number of rotatable bonds is 2.